The predicted molar refractivity (Wildman–Crippen MR) is 72.2 cm³/mol. The van der Waals surface area contributed by atoms with Gasteiger partial charge < -0.3 is 0 Å². The summed E-state index contributed by atoms with van der Waals surface area (Å²) < 4.78 is 0. The molecule has 0 aliphatic carbocycles. The Morgan fingerprint density at radius 2 is 0.875 bits per heavy atom. The van der Waals surface area contributed by atoms with Crippen LogP contribution >= 0.6 is 0 Å². The molecule has 0 nitrogen and oxygen atoms in total. The van der Waals surface area contributed by atoms with Gasteiger partial charge in [0.15, 0.2) is 0 Å². The van der Waals surface area contributed by atoms with Crippen molar-refractivity contribution in [2.75, 3.05) is 0 Å². The van der Waals surface area contributed by atoms with E-state index in [2.05, 4.69) is 78.6 Å². The van der Waals surface area contributed by atoms with E-state index in [0.717, 1.165) is 0 Å². The zero-order chi connectivity index (χ0) is 12.4. The van der Waals surface area contributed by atoms with Crippen molar-refractivity contribution in [1.29, 1.82) is 0 Å². The molecule has 0 aliphatic heterocycles. The largest absolute Gasteiger partial charge is 0.0596 e. The topological polar surface area (TPSA) is 0 Å². The van der Waals surface area contributed by atoms with Gasteiger partial charge in [0.25, 0.3) is 0 Å². The average Bonchev–Trinajstić information content (AvgIpc) is 2.03. The summed E-state index contributed by atoms with van der Waals surface area (Å²) in [5.41, 5.74) is 3.10. The van der Waals surface area contributed by atoms with E-state index in [0.29, 0.717) is 0 Å². The van der Waals surface area contributed by atoms with Crippen molar-refractivity contribution in [1.82, 2.24) is 0 Å². The van der Waals surface area contributed by atoms with Crippen molar-refractivity contribution >= 4 is 0 Å². The summed E-state index contributed by atoms with van der Waals surface area (Å²) in [5, 5.41) is 0. The average molecular weight is 216 g/mol. The first-order valence-electron chi connectivity index (χ1n) is 5.98. The lowest BCUT2D eigenvalue weighted by Crippen LogP contribution is -2.08. The van der Waals surface area contributed by atoms with E-state index in [9.17, 15) is 0 Å². The van der Waals surface area contributed by atoms with Crippen molar-refractivity contribution in [2.24, 2.45) is 10.8 Å². The van der Waals surface area contributed by atoms with Gasteiger partial charge in [-0.05, 0) is 34.8 Å². The molecule has 0 fully saturated rings. The van der Waals surface area contributed by atoms with Crippen LogP contribution < -0.4 is 0 Å². The summed E-state index contributed by atoms with van der Waals surface area (Å²) in [6.07, 6.45) is 4.60. The van der Waals surface area contributed by atoms with Gasteiger partial charge in [-0.3, -0.25) is 0 Å². The van der Waals surface area contributed by atoms with Crippen LogP contribution in [-0.2, 0) is 0 Å². The van der Waals surface area contributed by atoms with Gasteiger partial charge in [0.1, 0.15) is 0 Å². The predicted octanol–water partition coefficient (Wildman–Crippen LogP) is 4.88. The molecule has 0 aliphatic rings. The lowest BCUT2D eigenvalue weighted by Gasteiger charge is -2.19. The van der Waals surface area contributed by atoms with Crippen LogP contribution in [0.1, 0.15) is 52.7 Å². The first-order chi connectivity index (χ1) is 7.16. The van der Waals surface area contributed by atoms with Gasteiger partial charge in [-0.1, -0.05) is 65.8 Å². The van der Waals surface area contributed by atoms with Gasteiger partial charge >= 0.3 is 0 Å². The fourth-order valence-electron chi connectivity index (χ4n) is 1.69. The molecule has 0 heterocycles. The molecule has 0 heteroatoms. The molecule has 1 aromatic carbocycles. The van der Waals surface area contributed by atoms with Gasteiger partial charge in [-0.15, -0.1) is 0 Å². The monoisotopic (exact) mass is 216 g/mol. The van der Waals surface area contributed by atoms with E-state index in [4.69, 9.17) is 0 Å². The Balaban J connectivity index is 2.69. The highest BCUT2D eigenvalue weighted by molar-refractivity contribution is 5.33. The summed E-state index contributed by atoms with van der Waals surface area (Å²) in [6, 6.07) is 8.79. The minimum Gasteiger partial charge on any atom is -0.0596 e. The SMILES string of the molecule is CC(C)(C)[CH]c1ccc([CH]C(C)(C)C)cc1. The number of benzene rings is 1. The van der Waals surface area contributed by atoms with E-state index in [1.165, 1.54) is 11.1 Å². The van der Waals surface area contributed by atoms with Crippen LogP contribution in [0.2, 0.25) is 0 Å². The third-order valence-electron chi connectivity index (χ3n) is 2.14. The molecule has 0 saturated heterocycles. The molecule has 16 heavy (non-hydrogen) atoms. The van der Waals surface area contributed by atoms with Crippen molar-refractivity contribution in [3.63, 3.8) is 0 Å². The van der Waals surface area contributed by atoms with Crippen molar-refractivity contribution in [3.8, 4) is 0 Å². The summed E-state index contributed by atoms with van der Waals surface area (Å²) >= 11 is 0. The van der Waals surface area contributed by atoms with Gasteiger partial charge in [0, 0.05) is 0 Å². The number of rotatable bonds is 2. The maximum atomic E-state index is 2.30. The summed E-state index contributed by atoms with van der Waals surface area (Å²) in [5.74, 6) is 0. The Morgan fingerprint density at radius 3 is 1.06 bits per heavy atom. The maximum Gasteiger partial charge on any atom is -0.00394 e. The van der Waals surface area contributed by atoms with E-state index in [-0.39, 0.29) is 10.8 Å². The van der Waals surface area contributed by atoms with Crippen LogP contribution in [0.3, 0.4) is 0 Å². The van der Waals surface area contributed by atoms with Crippen LogP contribution in [0.4, 0.5) is 0 Å². The lowest BCUT2D eigenvalue weighted by atomic mass is 9.85. The summed E-state index contributed by atoms with van der Waals surface area (Å²) in [4.78, 5) is 0. The molecule has 88 valence electrons. The fraction of sp³-hybridized carbons (Fsp3) is 0.500. The third-order valence-corrected chi connectivity index (χ3v) is 2.14. The molecule has 0 spiro atoms. The second kappa shape index (κ2) is 4.61. The zero-order valence-corrected chi connectivity index (χ0v) is 11.5. The van der Waals surface area contributed by atoms with Crippen molar-refractivity contribution < 1.29 is 0 Å². The zero-order valence-electron chi connectivity index (χ0n) is 11.5. The molecule has 1 rings (SSSR count). The van der Waals surface area contributed by atoms with Gasteiger partial charge in [0.2, 0.25) is 0 Å². The Labute approximate surface area is 101 Å². The fourth-order valence-corrected chi connectivity index (χ4v) is 1.69. The molecule has 0 unspecified atom stereocenters. The summed E-state index contributed by atoms with van der Waals surface area (Å²) in [6.45, 7) is 13.3. The third kappa shape index (κ3) is 5.34. The van der Waals surface area contributed by atoms with Gasteiger partial charge in [-0.2, -0.15) is 0 Å². The molecule has 0 atom stereocenters. The van der Waals surface area contributed by atoms with Crippen LogP contribution in [0.15, 0.2) is 24.3 Å². The van der Waals surface area contributed by atoms with E-state index >= 15 is 0 Å². The Bertz CT molecular complexity index is 282. The van der Waals surface area contributed by atoms with Crippen LogP contribution in [-0.4, -0.2) is 0 Å². The molecule has 0 saturated carbocycles. The Morgan fingerprint density at radius 1 is 0.625 bits per heavy atom. The Kier molecular flexibility index (Phi) is 3.83. The Hall–Kier alpha value is -0.780. The van der Waals surface area contributed by atoms with Crippen molar-refractivity contribution in [3.05, 3.63) is 48.2 Å². The van der Waals surface area contributed by atoms with Crippen molar-refractivity contribution in [2.45, 2.75) is 41.5 Å². The van der Waals surface area contributed by atoms with E-state index < -0.39 is 0 Å². The molecular weight excluding hydrogens is 192 g/mol. The van der Waals surface area contributed by atoms with Crippen LogP contribution in [0.5, 0.6) is 0 Å². The lowest BCUT2D eigenvalue weighted by molar-refractivity contribution is 0.503. The minimum absolute atomic E-state index is 0.245. The normalized spacial score (nSPS) is 12.9. The molecule has 0 amide bonds. The standard InChI is InChI=1S/C16H24/c1-15(2,3)11-13-7-9-14(10-8-13)12-16(4,5)6/h7-12H,1-6H3. The molecule has 0 aromatic heterocycles. The smallest absolute Gasteiger partial charge is 0.00394 e. The van der Waals surface area contributed by atoms with Crippen LogP contribution in [0.25, 0.3) is 0 Å². The molecule has 0 bridgehead atoms. The second-order valence-corrected chi connectivity index (χ2v) is 6.69. The first-order valence-corrected chi connectivity index (χ1v) is 5.98. The minimum atomic E-state index is 0.245. The maximum absolute atomic E-state index is 2.30. The highest BCUT2D eigenvalue weighted by Gasteiger charge is 2.13. The molecule has 2 radical (unpaired) electrons. The van der Waals surface area contributed by atoms with Crippen LogP contribution in [0, 0.1) is 23.7 Å². The second-order valence-electron chi connectivity index (χ2n) is 6.69. The highest BCUT2D eigenvalue weighted by Crippen LogP contribution is 2.26. The highest BCUT2D eigenvalue weighted by atomic mass is 14.2. The number of hydrogen-bond acceptors (Lipinski definition) is 0. The molecule has 1 aromatic rings. The van der Waals surface area contributed by atoms with E-state index in [1.807, 2.05) is 0 Å². The quantitative estimate of drug-likeness (QED) is 0.660. The van der Waals surface area contributed by atoms with E-state index in [1.54, 1.807) is 0 Å². The summed E-state index contributed by atoms with van der Waals surface area (Å²) in [7, 11) is 0. The molecule has 0 N–H and O–H groups in total. The number of hydrogen-bond donors (Lipinski definition) is 0. The van der Waals surface area contributed by atoms with Gasteiger partial charge in [0.05, 0.1) is 0 Å². The molecular formula is C16H24. The first kappa shape index (κ1) is 13.3. The van der Waals surface area contributed by atoms with Gasteiger partial charge in [-0.25, -0.2) is 0 Å².